The molecule has 0 radical (unpaired) electrons. The Morgan fingerprint density at radius 2 is 2.00 bits per heavy atom. The maximum Gasteiger partial charge on any atom is 0.461 e. The van der Waals surface area contributed by atoms with Crippen LogP contribution in [0.25, 0.3) is 11.0 Å². The molecule has 2 heterocycles. The second-order valence-electron chi connectivity index (χ2n) is 5.54. The van der Waals surface area contributed by atoms with Crippen LogP contribution >= 0.6 is 11.9 Å². The van der Waals surface area contributed by atoms with Crippen molar-refractivity contribution in [1.82, 2.24) is 13.9 Å². The number of benzene rings is 1. The third kappa shape index (κ3) is 4.10. The summed E-state index contributed by atoms with van der Waals surface area (Å²) in [5, 5.41) is 0. The highest BCUT2D eigenvalue weighted by Crippen LogP contribution is 2.31. The maximum absolute atomic E-state index is 13.0. The number of hydrogen-bond donors (Lipinski definition) is 0. The van der Waals surface area contributed by atoms with E-state index in [1.807, 2.05) is 6.92 Å². The monoisotopic (exact) mass is 401 g/mol. The van der Waals surface area contributed by atoms with Crippen LogP contribution in [0, 0.1) is 6.92 Å². The molecule has 0 fully saturated rings. The molecule has 0 aliphatic carbocycles. The lowest BCUT2D eigenvalue weighted by atomic mass is 10.2. The zero-order valence-electron chi connectivity index (χ0n) is 14.3. The Morgan fingerprint density at radius 1 is 1.22 bits per heavy atom. The third-order valence-corrected chi connectivity index (χ3v) is 4.78. The fraction of sp³-hybridized carbons (Fsp3) is 0.294. The number of rotatable bonds is 7. The minimum Gasteiger partial charge on any atom is -0.496 e. The molecule has 0 spiro atoms. The van der Waals surface area contributed by atoms with Gasteiger partial charge in [0.25, 0.3) is 0 Å². The summed E-state index contributed by atoms with van der Waals surface area (Å²) in [5.41, 5.74) is 2.73. The minimum absolute atomic E-state index is 0.348. The Morgan fingerprint density at radius 3 is 2.70 bits per heavy atom. The van der Waals surface area contributed by atoms with E-state index in [1.165, 1.54) is 36.5 Å². The molecule has 0 saturated carbocycles. The first-order valence-electron chi connectivity index (χ1n) is 7.75. The quantitative estimate of drug-likeness (QED) is 0.538. The Labute approximate surface area is 156 Å². The van der Waals surface area contributed by atoms with Crippen molar-refractivity contribution in [2.45, 2.75) is 25.2 Å². The largest absolute Gasteiger partial charge is 0.496 e. The van der Waals surface area contributed by atoms with Crippen molar-refractivity contribution in [3.05, 3.63) is 48.0 Å². The van der Waals surface area contributed by atoms with Crippen molar-refractivity contribution in [2.75, 3.05) is 7.11 Å². The number of alkyl halides is 4. The Hall–Kier alpha value is -2.49. The summed E-state index contributed by atoms with van der Waals surface area (Å²) in [6, 6.07) is 5.65. The number of fused-ring (bicyclic) bond motifs is 1. The number of pyridine rings is 1. The van der Waals surface area contributed by atoms with Gasteiger partial charge in [-0.3, -0.25) is 8.96 Å². The number of halogens is 4. The van der Waals surface area contributed by atoms with Crippen molar-refractivity contribution in [2.24, 2.45) is 0 Å². The summed E-state index contributed by atoms with van der Waals surface area (Å²) in [5.74, 6) is 0.877. The lowest BCUT2D eigenvalue weighted by Gasteiger charge is -2.16. The van der Waals surface area contributed by atoms with Gasteiger partial charge in [-0.15, -0.1) is 0 Å². The van der Waals surface area contributed by atoms with Crippen LogP contribution in [0.5, 0.6) is 11.5 Å². The van der Waals surface area contributed by atoms with Crippen molar-refractivity contribution in [1.29, 1.82) is 0 Å². The first kappa shape index (κ1) is 19.3. The van der Waals surface area contributed by atoms with Gasteiger partial charge >= 0.3 is 12.5 Å². The average Bonchev–Trinajstić information content (AvgIpc) is 3.02. The molecule has 0 saturated heterocycles. The van der Waals surface area contributed by atoms with E-state index in [0.717, 1.165) is 17.0 Å². The standard InChI is InChI=1S/C17H15F4N3O2S/c1-10-13(22-6-5-15(10)25-2)8-27-24-9-23-12-7-11(3-4-14(12)24)26-17(20,21)16(18)19/h3-7,9,16H,8H2,1-2H3. The van der Waals surface area contributed by atoms with Gasteiger partial charge in [0.05, 0.1) is 29.6 Å². The molecule has 0 N–H and O–H groups in total. The topological polar surface area (TPSA) is 49.2 Å². The Kier molecular flexibility index (Phi) is 5.45. The number of aromatic nitrogens is 3. The normalized spacial score (nSPS) is 12.0. The van der Waals surface area contributed by atoms with Crippen molar-refractivity contribution in [3.63, 3.8) is 0 Å². The molecule has 27 heavy (non-hydrogen) atoms. The molecule has 0 atom stereocenters. The number of ether oxygens (including phenoxy) is 2. The fourth-order valence-electron chi connectivity index (χ4n) is 2.39. The smallest absolute Gasteiger partial charge is 0.461 e. The lowest BCUT2D eigenvalue weighted by Crippen LogP contribution is -2.33. The van der Waals surface area contributed by atoms with Gasteiger partial charge in [0.1, 0.15) is 17.8 Å². The van der Waals surface area contributed by atoms with E-state index in [1.54, 1.807) is 23.3 Å². The number of nitrogens with zero attached hydrogens (tertiary/aromatic N) is 3. The van der Waals surface area contributed by atoms with Gasteiger partial charge < -0.3 is 9.47 Å². The molecule has 1 aromatic carbocycles. The van der Waals surface area contributed by atoms with E-state index in [0.29, 0.717) is 16.8 Å². The summed E-state index contributed by atoms with van der Waals surface area (Å²) in [4.78, 5) is 8.44. The summed E-state index contributed by atoms with van der Waals surface area (Å²) >= 11 is 1.39. The summed E-state index contributed by atoms with van der Waals surface area (Å²) in [6.45, 7) is 1.90. The van der Waals surface area contributed by atoms with Gasteiger partial charge in [0, 0.05) is 17.8 Å². The number of hydrogen-bond acceptors (Lipinski definition) is 5. The van der Waals surface area contributed by atoms with Crippen molar-refractivity contribution < 1.29 is 27.0 Å². The van der Waals surface area contributed by atoms with Crippen molar-refractivity contribution in [3.8, 4) is 11.5 Å². The van der Waals surface area contributed by atoms with Crippen LogP contribution in [-0.4, -0.2) is 33.6 Å². The highest BCUT2D eigenvalue weighted by Gasteiger charge is 2.44. The van der Waals surface area contributed by atoms with E-state index in [9.17, 15) is 17.6 Å². The molecule has 10 heteroatoms. The second kappa shape index (κ2) is 7.63. The predicted octanol–water partition coefficient (Wildman–Crippen LogP) is 4.68. The molecule has 0 amide bonds. The van der Waals surface area contributed by atoms with Gasteiger partial charge in [0.15, 0.2) is 0 Å². The van der Waals surface area contributed by atoms with Gasteiger partial charge in [-0.25, -0.2) is 4.98 Å². The van der Waals surface area contributed by atoms with Crippen LogP contribution in [0.4, 0.5) is 17.6 Å². The van der Waals surface area contributed by atoms with Crippen LogP contribution in [0.2, 0.25) is 0 Å². The summed E-state index contributed by atoms with van der Waals surface area (Å²) < 4.78 is 61.7. The molecular formula is C17H15F4N3O2S. The SMILES string of the molecule is COc1ccnc(CSn2cnc3cc(OC(F)(F)C(F)F)ccc32)c1C. The van der Waals surface area contributed by atoms with Crippen molar-refractivity contribution >= 4 is 23.0 Å². The molecule has 5 nitrogen and oxygen atoms in total. The van der Waals surface area contributed by atoms with Crippen LogP contribution in [0.1, 0.15) is 11.3 Å². The number of methoxy groups -OCH3 is 1. The first-order chi connectivity index (χ1) is 12.8. The van der Waals surface area contributed by atoms with Crippen LogP contribution < -0.4 is 9.47 Å². The maximum atomic E-state index is 13.0. The van der Waals surface area contributed by atoms with Crippen LogP contribution in [0.15, 0.2) is 36.8 Å². The highest BCUT2D eigenvalue weighted by molar-refractivity contribution is 7.97. The molecule has 144 valence electrons. The third-order valence-electron chi connectivity index (χ3n) is 3.81. The number of imidazole rings is 1. The highest BCUT2D eigenvalue weighted by atomic mass is 32.2. The average molecular weight is 401 g/mol. The molecule has 0 aliphatic rings. The summed E-state index contributed by atoms with van der Waals surface area (Å²) in [6.07, 6.45) is -5.30. The minimum atomic E-state index is -4.56. The lowest BCUT2D eigenvalue weighted by molar-refractivity contribution is -0.253. The van der Waals surface area contributed by atoms with E-state index < -0.39 is 12.5 Å². The molecule has 0 unspecified atom stereocenters. The van der Waals surface area contributed by atoms with E-state index in [2.05, 4.69) is 14.7 Å². The molecule has 3 aromatic rings. The summed E-state index contributed by atoms with van der Waals surface area (Å²) in [7, 11) is 1.58. The fourth-order valence-corrected chi connectivity index (χ4v) is 3.35. The van der Waals surface area contributed by atoms with Crippen LogP contribution in [-0.2, 0) is 5.75 Å². The zero-order valence-corrected chi connectivity index (χ0v) is 15.1. The van der Waals surface area contributed by atoms with E-state index in [4.69, 9.17) is 4.74 Å². The zero-order chi connectivity index (χ0) is 19.6. The molecule has 0 aliphatic heterocycles. The van der Waals surface area contributed by atoms with E-state index >= 15 is 0 Å². The van der Waals surface area contributed by atoms with Gasteiger partial charge in [-0.05, 0) is 37.1 Å². The predicted molar refractivity (Wildman–Crippen MR) is 93.5 cm³/mol. The molecular weight excluding hydrogens is 386 g/mol. The van der Waals surface area contributed by atoms with Gasteiger partial charge in [-0.1, -0.05) is 0 Å². The van der Waals surface area contributed by atoms with Crippen LogP contribution in [0.3, 0.4) is 0 Å². The Balaban J connectivity index is 1.77. The second-order valence-corrected chi connectivity index (χ2v) is 6.48. The molecule has 2 aromatic heterocycles. The van der Waals surface area contributed by atoms with Gasteiger partial charge in [0.2, 0.25) is 0 Å². The van der Waals surface area contributed by atoms with Gasteiger partial charge in [-0.2, -0.15) is 17.6 Å². The molecule has 3 rings (SSSR count). The first-order valence-corrected chi connectivity index (χ1v) is 8.70. The Bertz CT molecular complexity index is 949. The van der Waals surface area contributed by atoms with E-state index in [-0.39, 0.29) is 5.75 Å². The molecule has 0 bridgehead atoms.